The Balaban J connectivity index is 1.73. The molecule has 30 heavy (non-hydrogen) atoms. The minimum Gasteiger partial charge on any atom is -0.267 e. The minimum absolute atomic E-state index is 0.174. The van der Waals surface area contributed by atoms with E-state index in [9.17, 15) is 4.79 Å². The molecule has 2 heterocycles. The van der Waals surface area contributed by atoms with Crippen LogP contribution < -0.4 is 5.01 Å². The quantitative estimate of drug-likeness (QED) is 0.522. The predicted molar refractivity (Wildman–Crippen MR) is 123 cm³/mol. The zero-order chi connectivity index (χ0) is 21.6. The van der Waals surface area contributed by atoms with E-state index in [1.165, 1.54) is 16.1 Å². The van der Waals surface area contributed by atoms with Crippen LogP contribution in [0.2, 0.25) is 5.02 Å². The molecule has 0 fully saturated rings. The Labute approximate surface area is 181 Å². The third-order valence-electron chi connectivity index (χ3n) is 5.49. The van der Waals surface area contributed by atoms with Gasteiger partial charge in [0, 0.05) is 16.3 Å². The van der Waals surface area contributed by atoms with Crippen molar-refractivity contribution in [2.75, 3.05) is 5.01 Å². The van der Waals surface area contributed by atoms with Crippen LogP contribution in [-0.2, 0) is 4.79 Å². The fraction of sp³-hybridized carbons (Fsp3) is 0.208. The van der Waals surface area contributed by atoms with Crippen molar-refractivity contribution in [3.05, 3.63) is 81.1 Å². The van der Waals surface area contributed by atoms with Crippen molar-refractivity contribution >= 4 is 35.0 Å². The van der Waals surface area contributed by atoms with Crippen LogP contribution in [0.15, 0.2) is 53.1 Å². The molecule has 0 saturated carbocycles. The van der Waals surface area contributed by atoms with Gasteiger partial charge < -0.3 is 0 Å². The van der Waals surface area contributed by atoms with E-state index in [1.54, 1.807) is 18.2 Å². The van der Waals surface area contributed by atoms with E-state index in [0.29, 0.717) is 22.0 Å². The number of hydrogen-bond donors (Lipinski definition) is 0. The number of aromatic nitrogens is 2. The SMILES string of the molecule is CC1=NN(c2cccc(Cl)c2)C(=O)/C1=C\c1c(C)nn(-c2ccc(C)c(C)c2)c1C. The molecule has 4 rings (SSSR count). The molecule has 1 aliphatic rings. The molecule has 152 valence electrons. The van der Waals surface area contributed by atoms with E-state index in [1.807, 2.05) is 37.6 Å². The second-order valence-electron chi connectivity index (χ2n) is 7.61. The number of hydrogen-bond acceptors (Lipinski definition) is 3. The zero-order valence-electron chi connectivity index (χ0n) is 17.7. The normalized spacial score (nSPS) is 15.3. The number of aryl methyl sites for hydroxylation is 3. The van der Waals surface area contributed by atoms with Crippen LogP contribution in [0.4, 0.5) is 5.69 Å². The van der Waals surface area contributed by atoms with Crippen molar-refractivity contribution in [3.8, 4) is 5.69 Å². The maximum atomic E-state index is 13.1. The molecule has 0 N–H and O–H groups in total. The van der Waals surface area contributed by atoms with E-state index in [-0.39, 0.29) is 5.91 Å². The Hall–Kier alpha value is -3.18. The summed E-state index contributed by atoms with van der Waals surface area (Å²) in [6.07, 6.45) is 1.89. The second kappa shape index (κ2) is 7.58. The first-order valence-electron chi connectivity index (χ1n) is 9.77. The number of benzene rings is 2. The van der Waals surface area contributed by atoms with Crippen LogP contribution in [-0.4, -0.2) is 21.4 Å². The van der Waals surface area contributed by atoms with Crippen LogP contribution in [0.1, 0.15) is 35.0 Å². The van der Waals surface area contributed by atoms with Gasteiger partial charge in [0.25, 0.3) is 5.91 Å². The number of rotatable bonds is 3. The third kappa shape index (κ3) is 3.46. The molecule has 1 amide bonds. The first kappa shape index (κ1) is 20.1. The van der Waals surface area contributed by atoms with Gasteiger partial charge in [-0.2, -0.15) is 15.2 Å². The summed E-state index contributed by atoms with van der Waals surface area (Å²) in [6.45, 7) is 10.00. The number of nitrogens with zero attached hydrogens (tertiary/aromatic N) is 4. The van der Waals surface area contributed by atoms with Crippen molar-refractivity contribution in [1.82, 2.24) is 9.78 Å². The van der Waals surface area contributed by atoms with Gasteiger partial charge in [0.05, 0.1) is 28.4 Å². The van der Waals surface area contributed by atoms with Gasteiger partial charge in [-0.25, -0.2) is 4.68 Å². The average Bonchev–Trinajstić information content (AvgIpc) is 3.15. The highest BCUT2D eigenvalue weighted by molar-refractivity contribution is 6.33. The topological polar surface area (TPSA) is 50.5 Å². The summed E-state index contributed by atoms with van der Waals surface area (Å²) < 4.78 is 1.93. The molecule has 0 unspecified atom stereocenters. The minimum atomic E-state index is -0.174. The molecule has 1 aromatic heterocycles. The van der Waals surface area contributed by atoms with E-state index in [0.717, 1.165) is 22.6 Å². The van der Waals surface area contributed by atoms with Gasteiger partial charge >= 0.3 is 0 Å². The summed E-state index contributed by atoms with van der Waals surface area (Å²) >= 11 is 6.08. The molecule has 3 aromatic rings. The molecule has 1 aliphatic heterocycles. The Bertz CT molecular complexity index is 1240. The van der Waals surface area contributed by atoms with Crippen molar-refractivity contribution in [2.24, 2.45) is 5.10 Å². The fourth-order valence-electron chi connectivity index (χ4n) is 3.58. The Morgan fingerprint density at radius 1 is 0.933 bits per heavy atom. The number of carbonyl (C=O) groups excluding carboxylic acids is 1. The molecule has 2 aromatic carbocycles. The summed E-state index contributed by atoms with van der Waals surface area (Å²) in [7, 11) is 0. The number of halogens is 1. The lowest BCUT2D eigenvalue weighted by Gasteiger charge is -2.11. The van der Waals surface area contributed by atoms with Crippen molar-refractivity contribution < 1.29 is 4.79 Å². The maximum Gasteiger partial charge on any atom is 0.280 e. The summed E-state index contributed by atoms with van der Waals surface area (Å²) in [4.78, 5) is 13.1. The average molecular weight is 419 g/mol. The number of carbonyl (C=O) groups is 1. The van der Waals surface area contributed by atoms with Crippen LogP contribution in [0.5, 0.6) is 0 Å². The highest BCUT2D eigenvalue weighted by Gasteiger charge is 2.29. The van der Waals surface area contributed by atoms with Crippen LogP contribution >= 0.6 is 11.6 Å². The molecule has 0 radical (unpaired) electrons. The first-order chi connectivity index (χ1) is 14.3. The highest BCUT2D eigenvalue weighted by atomic mass is 35.5. The largest absolute Gasteiger partial charge is 0.280 e. The Kier molecular flexibility index (Phi) is 5.08. The summed E-state index contributed by atoms with van der Waals surface area (Å²) in [6, 6.07) is 13.4. The second-order valence-corrected chi connectivity index (χ2v) is 8.04. The Morgan fingerprint density at radius 3 is 2.40 bits per heavy atom. The monoisotopic (exact) mass is 418 g/mol. The van der Waals surface area contributed by atoms with Gasteiger partial charge in [0.1, 0.15) is 0 Å². The molecule has 0 bridgehead atoms. The van der Waals surface area contributed by atoms with E-state index in [2.05, 4.69) is 37.1 Å². The standard InChI is InChI=1S/C24H23ClN4O/c1-14-9-10-21(11-15(14)2)28-18(5)22(16(3)26-28)13-23-17(4)27-29(24(23)30)20-8-6-7-19(25)12-20/h6-13H,1-5H3/b23-13-. The molecule has 0 spiro atoms. The van der Waals surface area contributed by atoms with E-state index < -0.39 is 0 Å². The zero-order valence-corrected chi connectivity index (χ0v) is 18.4. The van der Waals surface area contributed by atoms with Crippen molar-refractivity contribution in [2.45, 2.75) is 34.6 Å². The number of anilines is 1. The van der Waals surface area contributed by atoms with Gasteiger partial charge in [-0.05, 0) is 82.2 Å². The molecule has 0 atom stereocenters. The molecular weight excluding hydrogens is 396 g/mol. The summed E-state index contributed by atoms with van der Waals surface area (Å²) in [5.41, 5.74) is 8.10. The van der Waals surface area contributed by atoms with Crippen LogP contribution in [0.25, 0.3) is 11.8 Å². The molecule has 5 nitrogen and oxygen atoms in total. The lowest BCUT2D eigenvalue weighted by atomic mass is 10.1. The lowest BCUT2D eigenvalue weighted by molar-refractivity contribution is -0.114. The number of amides is 1. The fourth-order valence-corrected chi connectivity index (χ4v) is 3.77. The molecular formula is C24H23ClN4O. The number of hydrazone groups is 1. The van der Waals surface area contributed by atoms with Gasteiger partial charge in [-0.1, -0.05) is 23.7 Å². The van der Waals surface area contributed by atoms with Gasteiger partial charge in [0.15, 0.2) is 0 Å². The van der Waals surface area contributed by atoms with Crippen molar-refractivity contribution in [3.63, 3.8) is 0 Å². The van der Waals surface area contributed by atoms with Gasteiger partial charge in [0.2, 0.25) is 0 Å². The smallest absolute Gasteiger partial charge is 0.267 e. The predicted octanol–water partition coefficient (Wildman–Crippen LogP) is 5.57. The van der Waals surface area contributed by atoms with Crippen molar-refractivity contribution in [1.29, 1.82) is 0 Å². The summed E-state index contributed by atoms with van der Waals surface area (Å²) in [5, 5.41) is 11.1. The maximum absolute atomic E-state index is 13.1. The Morgan fingerprint density at radius 2 is 1.70 bits per heavy atom. The van der Waals surface area contributed by atoms with Crippen LogP contribution in [0, 0.1) is 27.7 Å². The van der Waals surface area contributed by atoms with Gasteiger partial charge in [-0.15, -0.1) is 0 Å². The summed E-state index contributed by atoms with van der Waals surface area (Å²) in [5.74, 6) is -0.174. The van der Waals surface area contributed by atoms with Gasteiger partial charge in [-0.3, -0.25) is 4.79 Å². The molecule has 0 aliphatic carbocycles. The molecule has 0 saturated heterocycles. The highest BCUT2D eigenvalue weighted by Crippen LogP contribution is 2.29. The van der Waals surface area contributed by atoms with E-state index in [4.69, 9.17) is 16.7 Å². The molecule has 6 heteroatoms. The first-order valence-corrected chi connectivity index (χ1v) is 10.1. The van der Waals surface area contributed by atoms with E-state index >= 15 is 0 Å². The van der Waals surface area contributed by atoms with Crippen LogP contribution in [0.3, 0.4) is 0 Å². The third-order valence-corrected chi connectivity index (χ3v) is 5.72. The lowest BCUT2D eigenvalue weighted by Crippen LogP contribution is -2.21.